The topological polar surface area (TPSA) is 0 Å². The number of halogens is 3. The second-order valence-electron chi connectivity index (χ2n) is 0.247. The molecule has 0 heterocycles. The lowest BCUT2D eigenvalue weighted by molar-refractivity contribution is 0.594. The van der Waals surface area contributed by atoms with E-state index < -0.39 is 3.09 Å². The highest BCUT2D eigenvalue weighted by atomic mass is 127. The van der Waals surface area contributed by atoms with Crippen LogP contribution in [0.5, 0.6) is 0 Å². The summed E-state index contributed by atoms with van der Waals surface area (Å²) in [6.07, 6.45) is 0. The average molecular weight is 239 g/mol. The molecule has 1 unspecified atom stereocenters. The summed E-state index contributed by atoms with van der Waals surface area (Å²) < 4.78 is 10.0. The second-order valence-corrected chi connectivity index (χ2v) is 3.86. The van der Waals surface area contributed by atoms with Gasteiger partial charge < -0.3 is 0 Å². The van der Waals surface area contributed by atoms with E-state index in [4.69, 9.17) is 0 Å². The molecule has 0 saturated carbocycles. The minimum absolute atomic E-state index is 0.884. The van der Waals surface area contributed by atoms with Crippen molar-refractivity contribution >= 4 is 38.5 Å². The monoisotopic (exact) mass is 238 g/mol. The molecule has 0 nitrogen and oxygen atoms in total. The first-order chi connectivity index (χ1) is 1.73. The third-order valence-electron chi connectivity index (χ3n) is 0. The highest BCUT2D eigenvalue weighted by molar-refractivity contribution is 14.1. The molecule has 0 rings (SSSR count). The summed E-state index contributed by atoms with van der Waals surface area (Å²) in [6.45, 7) is 0. The van der Waals surface area contributed by atoms with Crippen molar-refractivity contribution in [2.24, 2.45) is 0 Å². The van der Waals surface area contributed by atoms with E-state index in [1.54, 1.807) is 22.6 Å². The van der Waals surface area contributed by atoms with Crippen molar-refractivity contribution in [1.82, 2.24) is 0 Å². The van der Waals surface area contributed by atoms with Gasteiger partial charge in [-0.2, -0.15) is 0 Å². The number of hydrogen-bond acceptors (Lipinski definition) is 0. The van der Waals surface area contributed by atoms with Gasteiger partial charge in [0.2, 0.25) is 3.09 Å². The zero-order valence-corrected chi connectivity index (χ0v) is 5.45. The van der Waals surface area contributed by atoms with E-state index in [1.165, 1.54) is 0 Å². The molecule has 0 aromatic rings. The van der Waals surface area contributed by atoms with Gasteiger partial charge in [0.15, 0.2) is 0 Å². The van der Waals surface area contributed by atoms with Gasteiger partial charge in [-0.1, -0.05) is 0 Å². The normalized spacial score (nSPS) is 15.8. The molecular weight excluding hydrogens is 238 g/mol. The van der Waals surface area contributed by atoms with Crippen LogP contribution in [0.4, 0.5) is 4.39 Å². The first-order valence-corrected chi connectivity index (χ1v) is 2.82. The minimum Gasteiger partial charge on any atom is -0.223 e. The van der Waals surface area contributed by atoms with Crippen LogP contribution in [0.25, 0.3) is 0 Å². The molecule has 0 aliphatic rings. The molecule has 3 heteroatoms. The largest absolute Gasteiger partial charge is 0.223 e. The summed E-state index contributed by atoms with van der Waals surface area (Å²) in [5.74, 6) is 0. The Morgan fingerprint density at radius 2 is 2.00 bits per heavy atom. The molecule has 0 aliphatic carbocycles. The van der Waals surface area contributed by atoms with Crippen LogP contribution in [0.1, 0.15) is 0 Å². The maximum Gasteiger partial charge on any atom is 0.205 e. The minimum atomic E-state index is -0.884. The standard InChI is InChI=1S/CHBrFI/c2-1(3)4/h1H. The van der Waals surface area contributed by atoms with E-state index in [9.17, 15) is 4.39 Å². The van der Waals surface area contributed by atoms with Crippen molar-refractivity contribution in [3.05, 3.63) is 0 Å². The van der Waals surface area contributed by atoms with Crippen LogP contribution >= 0.6 is 38.5 Å². The Labute approximate surface area is 46.0 Å². The van der Waals surface area contributed by atoms with Crippen LogP contribution < -0.4 is 0 Å². The number of hydrogen-bond donors (Lipinski definition) is 0. The third-order valence-corrected chi connectivity index (χ3v) is 0. The Kier molecular flexibility index (Phi) is 3.06. The van der Waals surface area contributed by atoms with Gasteiger partial charge in [-0.05, 0) is 38.5 Å². The van der Waals surface area contributed by atoms with Gasteiger partial charge in [-0.3, -0.25) is 0 Å². The molecule has 0 N–H and O–H groups in total. The first-order valence-electron chi connectivity index (χ1n) is 0.655. The summed E-state index contributed by atoms with van der Waals surface area (Å²) >= 11 is 4.18. The Hall–Kier alpha value is 1.14. The molecule has 1 atom stereocenters. The van der Waals surface area contributed by atoms with E-state index in [0.717, 1.165) is 0 Å². The highest BCUT2D eigenvalue weighted by Gasteiger charge is 1.79. The fourth-order valence-electron chi connectivity index (χ4n) is 0. The molecular formula is CHBrFI. The SMILES string of the molecule is FC(Br)I. The van der Waals surface area contributed by atoms with Crippen molar-refractivity contribution in [3.63, 3.8) is 0 Å². The molecule has 0 spiro atoms. The third kappa shape index (κ3) is 11.1. The van der Waals surface area contributed by atoms with Crippen molar-refractivity contribution in [2.45, 2.75) is 3.09 Å². The van der Waals surface area contributed by atoms with Crippen molar-refractivity contribution in [3.8, 4) is 0 Å². The van der Waals surface area contributed by atoms with Gasteiger partial charge >= 0.3 is 0 Å². The summed E-state index contributed by atoms with van der Waals surface area (Å²) in [6, 6.07) is 0. The quantitative estimate of drug-likeness (QED) is 0.448. The molecule has 0 aromatic carbocycles. The van der Waals surface area contributed by atoms with E-state index >= 15 is 0 Å². The average Bonchev–Trinajstić information content (AvgIpc) is 0.811. The van der Waals surface area contributed by atoms with Gasteiger partial charge in [-0.15, -0.1) is 0 Å². The summed E-state index contributed by atoms with van der Waals surface area (Å²) in [4.78, 5) is 0. The smallest absolute Gasteiger partial charge is 0.205 e. The van der Waals surface area contributed by atoms with Crippen LogP contribution in [0.15, 0.2) is 0 Å². The molecule has 4 heavy (non-hydrogen) atoms. The first kappa shape index (κ1) is 5.14. The molecule has 0 fully saturated rings. The lowest BCUT2D eigenvalue weighted by atomic mass is 11.8. The highest BCUT2D eigenvalue weighted by Crippen LogP contribution is 2.07. The molecule has 0 saturated heterocycles. The molecule has 26 valence electrons. The van der Waals surface area contributed by atoms with E-state index in [2.05, 4.69) is 15.9 Å². The fourth-order valence-corrected chi connectivity index (χ4v) is 0. The molecule has 0 bridgehead atoms. The Morgan fingerprint density at radius 1 is 2.00 bits per heavy atom. The molecule has 0 amide bonds. The maximum absolute atomic E-state index is 10.9. The lowest BCUT2D eigenvalue weighted by Gasteiger charge is -1.69. The number of rotatable bonds is 0. The maximum atomic E-state index is 10.9. The van der Waals surface area contributed by atoms with Gasteiger partial charge in [0.1, 0.15) is 0 Å². The van der Waals surface area contributed by atoms with Crippen molar-refractivity contribution in [1.29, 1.82) is 0 Å². The van der Waals surface area contributed by atoms with Crippen LogP contribution in [-0.4, -0.2) is 3.09 Å². The van der Waals surface area contributed by atoms with Crippen molar-refractivity contribution in [2.75, 3.05) is 0 Å². The fraction of sp³-hybridized carbons (Fsp3) is 1.00. The van der Waals surface area contributed by atoms with Crippen LogP contribution in [0, 0.1) is 0 Å². The summed E-state index contributed by atoms with van der Waals surface area (Å²) in [5.41, 5.74) is 0. The van der Waals surface area contributed by atoms with Crippen LogP contribution in [-0.2, 0) is 0 Å². The Bertz CT molecular complexity index is 12.8. The summed E-state index contributed by atoms with van der Waals surface area (Å²) in [7, 11) is 0. The Balaban J connectivity index is 2.32. The van der Waals surface area contributed by atoms with Gasteiger partial charge in [-0.25, -0.2) is 4.39 Å². The van der Waals surface area contributed by atoms with Crippen LogP contribution in [0.3, 0.4) is 0 Å². The molecule has 0 radical (unpaired) electrons. The van der Waals surface area contributed by atoms with E-state index in [-0.39, 0.29) is 0 Å². The van der Waals surface area contributed by atoms with Gasteiger partial charge in [0.25, 0.3) is 0 Å². The zero-order valence-electron chi connectivity index (χ0n) is 1.71. The van der Waals surface area contributed by atoms with Gasteiger partial charge in [0, 0.05) is 0 Å². The zero-order chi connectivity index (χ0) is 3.58. The summed E-state index contributed by atoms with van der Waals surface area (Å²) in [5, 5.41) is 0. The van der Waals surface area contributed by atoms with E-state index in [1.807, 2.05) is 0 Å². The predicted octanol–water partition coefficient (Wildman–Crippen LogP) is 2.07. The van der Waals surface area contributed by atoms with Crippen molar-refractivity contribution < 1.29 is 4.39 Å². The number of alkyl halides is 3. The second kappa shape index (κ2) is 2.38. The molecule has 0 aliphatic heterocycles. The molecule has 0 aromatic heterocycles. The van der Waals surface area contributed by atoms with Crippen LogP contribution in [0.2, 0.25) is 0 Å². The lowest BCUT2D eigenvalue weighted by Crippen LogP contribution is -1.54. The predicted molar refractivity (Wildman–Crippen MR) is 27.8 cm³/mol. The van der Waals surface area contributed by atoms with Gasteiger partial charge in [0.05, 0.1) is 0 Å². The van der Waals surface area contributed by atoms with E-state index in [0.29, 0.717) is 0 Å². The Morgan fingerprint density at radius 3 is 2.00 bits per heavy atom.